The van der Waals surface area contributed by atoms with Crippen LogP contribution in [0.5, 0.6) is 5.75 Å². The van der Waals surface area contributed by atoms with Crippen LogP contribution in [0.2, 0.25) is 0 Å². The van der Waals surface area contributed by atoms with Crippen LogP contribution >= 0.6 is 0 Å². The van der Waals surface area contributed by atoms with Crippen molar-refractivity contribution in [1.29, 1.82) is 5.41 Å². The van der Waals surface area contributed by atoms with Gasteiger partial charge in [-0.3, -0.25) is 28.8 Å². The molecule has 0 saturated carbocycles. The molecule has 17 nitrogen and oxygen atoms in total. The summed E-state index contributed by atoms with van der Waals surface area (Å²) in [7, 11) is -3.91. The lowest BCUT2D eigenvalue weighted by atomic mass is 9.94. The van der Waals surface area contributed by atoms with Gasteiger partial charge in [-0.25, -0.2) is 8.42 Å². The first kappa shape index (κ1) is 51.3. The van der Waals surface area contributed by atoms with Gasteiger partial charge in [-0.05, 0) is 123 Å². The average Bonchev–Trinajstić information content (AvgIpc) is 3.53. The van der Waals surface area contributed by atoms with Crippen LogP contribution in [0.25, 0.3) is 0 Å². The SMILES string of the molecule is Cc1c(C)c(S(=O)(=O)CC(=N)CCCC[C@@H]2NC(=O)[C@H](CCCCN)NC(=O)[C@@H](Cc3ccccc3)NC(=O)[C@H](CC(=O)OC(C)(C)C)NC(=O)CNC2=O)c(C)c2c1OC(C)(C)C2. The average molecular weight is 910 g/mol. The van der Waals surface area contributed by atoms with Crippen molar-refractivity contribution in [3.63, 3.8) is 0 Å². The summed E-state index contributed by atoms with van der Waals surface area (Å²) in [5.41, 5.74) is 7.86. The highest BCUT2D eigenvalue weighted by Crippen LogP contribution is 2.44. The van der Waals surface area contributed by atoms with Crippen LogP contribution in [0.4, 0.5) is 0 Å². The maximum Gasteiger partial charge on any atom is 0.308 e. The third-order valence-electron chi connectivity index (χ3n) is 11.2. The van der Waals surface area contributed by atoms with Gasteiger partial charge in [0, 0.05) is 24.1 Å². The minimum atomic E-state index is -3.91. The second-order valence-electron chi connectivity index (χ2n) is 18.4. The van der Waals surface area contributed by atoms with Gasteiger partial charge >= 0.3 is 5.97 Å². The number of carbonyl (C=O) groups is 6. The van der Waals surface area contributed by atoms with Crippen molar-refractivity contribution in [3.05, 3.63) is 58.1 Å². The lowest BCUT2D eigenvalue weighted by molar-refractivity contribution is -0.156. The molecule has 18 heteroatoms. The Morgan fingerprint density at radius 1 is 0.812 bits per heavy atom. The molecule has 2 heterocycles. The first-order valence-electron chi connectivity index (χ1n) is 22.0. The summed E-state index contributed by atoms with van der Waals surface area (Å²) < 4.78 is 39.3. The van der Waals surface area contributed by atoms with E-state index >= 15 is 0 Å². The van der Waals surface area contributed by atoms with Gasteiger partial charge in [-0.1, -0.05) is 36.8 Å². The maximum absolute atomic E-state index is 14.1. The fourth-order valence-corrected chi connectivity index (χ4v) is 9.93. The molecule has 0 unspecified atom stereocenters. The van der Waals surface area contributed by atoms with Crippen LogP contribution in [-0.2, 0) is 56.2 Å². The molecule has 0 bridgehead atoms. The number of carbonyl (C=O) groups excluding carboxylic acids is 6. The number of sulfone groups is 1. The smallest absolute Gasteiger partial charge is 0.308 e. The minimum Gasteiger partial charge on any atom is -0.487 e. The van der Waals surface area contributed by atoms with Crippen molar-refractivity contribution in [2.45, 2.75) is 160 Å². The molecule has 0 spiro atoms. The Balaban J connectivity index is 1.54. The minimum absolute atomic E-state index is 0.00110. The fraction of sp³-hybridized carbons (Fsp3) is 0.587. The van der Waals surface area contributed by atoms with E-state index in [4.69, 9.17) is 20.6 Å². The zero-order valence-corrected chi connectivity index (χ0v) is 39.3. The number of benzene rings is 2. The quantitative estimate of drug-likeness (QED) is 0.0732. The summed E-state index contributed by atoms with van der Waals surface area (Å²) in [5, 5.41) is 21.8. The molecular formula is C46H67N7O10S. The van der Waals surface area contributed by atoms with E-state index in [1.54, 1.807) is 65.0 Å². The first-order chi connectivity index (χ1) is 29.9. The Hall–Kier alpha value is -5.36. The topological polar surface area (TPSA) is 265 Å². The summed E-state index contributed by atoms with van der Waals surface area (Å²) in [6.07, 6.45) is 1.82. The van der Waals surface area contributed by atoms with Gasteiger partial charge in [0.1, 0.15) is 41.1 Å². The second-order valence-corrected chi connectivity index (χ2v) is 20.4. The molecule has 4 rings (SSSR count). The summed E-state index contributed by atoms with van der Waals surface area (Å²) in [5.74, 6) is -4.38. The molecular weight excluding hydrogens is 843 g/mol. The standard InChI is InChI=1S/C46H67N7O10S/c1-27-28(2)40(29(3)32-24-46(7,8)63-39(27)32)64(60,61)26-31(48)18-12-13-19-33-41(56)49-25-37(54)50-36(23-38(55)62-45(4,5)6)44(59)53-35(22-30-16-10-9-11-17-30)43(58)52-34(42(57)51-33)20-14-15-21-47/h9-11,16-17,33-36,48H,12-15,18-26,47H2,1-8H3,(H,49,56)(H,50,54)(H,51,57)(H,52,58)(H,53,59)/t33-,34-,35+,36-/m0/s1. The molecule has 2 aliphatic rings. The van der Waals surface area contributed by atoms with Gasteiger partial charge in [0.05, 0.1) is 23.6 Å². The predicted octanol–water partition coefficient (Wildman–Crippen LogP) is 2.85. The predicted molar refractivity (Wildman–Crippen MR) is 242 cm³/mol. The molecule has 5 amide bonds. The Labute approximate surface area is 376 Å². The molecule has 2 aromatic carbocycles. The molecule has 64 heavy (non-hydrogen) atoms. The van der Waals surface area contributed by atoms with Crippen molar-refractivity contribution in [1.82, 2.24) is 26.6 Å². The highest BCUT2D eigenvalue weighted by atomic mass is 32.2. The fourth-order valence-electron chi connectivity index (χ4n) is 7.97. The number of nitrogens with one attached hydrogen (secondary N) is 6. The van der Waals surface area contributed by atoms with Crippen LogP contribution < -0.4 is 37.1 Å². The van der Waals surface area contributed by atoms with E-state index < -0.39 is 99.4 Å². The summed E-state index contributed by atoms with van der Waals surface area (Å²) >= 11 is 0. The van der Waals surface area contributed by atoms with Crippen LogP contribution in [0.1, 0.15) is 114 Å². The van der Waals surface area contributed by atoms with Gasteiger partial charge in [0.15, 0.2) is 9.84 Å². The highest BCUT2D eigenvalue weighted by molar-refractivity contribution is 7.92. The summed E-state index contributed by atoms with van der Waals surface area (Å²) in [6, 6.07) is 3.73. The van der Waals surface area contributed by atoms with Crippen molar-refractivity contribution in [2.75, 3.05) is 18.8 Å². The number of esters is 1. The zero-order chi connectivity index (χ0) is 47.6. The number of ether oxygens (including phenoxy) is 2. The van der Waals surface area contributed by atoms with E-state index in [0.717, 1.165) is 11.1 Å². The molecule has 352 valence electrons. The number of hydrogen-bond donors (Lipinski definition) is 7. The molecule has 0 aliphatic carbocycles. The molecule has 8 N–H and O–H groups in total. The monoisotopic (exact) mass is 909 g/mol. The Morgan fingerprint density at radius 3 is 2.02 bits per heavy atom. The van der Waals surface area contributed by atoms with E-state index in [1.807, 2.05) is 20.8 Å². The Kier molecular flexibility index (Phi) is 17.6. The maximum atomic E-state index is 14.1. The van der Waals surface area contributed by atoms with Gasteiger partial charge < -0.3 is 47.2 Å². The zero-order valence-electron chi connectivity index (χ0n) is 38.5. The van der Waals surface area contributed by atoms with Gasteiger partial charge in [0.2, 0.25) is 29.5 Å². The van der Waals surface area contributed by atoms with E-state index in [0.29, 0.717) is 54.7 Å². The van der Waals surface area contributed by atoms with E-state index in [9.17, 15) is 37.2 Å². The number of rotatable bonds is 16. The molecule has 0 radical (unpaired) electrons. The van der Waals surface area contributed by atoms with Gasteiger partial charge in [-0.2, -0.15) is 0 Å². The third kappa shape index (κ3) is 14.6. The third-order valence-corrected chi connectivity index (χ3v) is 13.1. The van der Waals surface area contributed by atoms with Crippen molar-refractivity contribution in [2.24, 2.45) is 5.73 Å². The van der Waals surface area contributed by atoms with E-state index in [1.165, 1.54) is 0 Å². The first-order valence-corrected chi connectivity index (χ1v) is 23.6. The van der Waals surface area contributed by atoms with Crippen molar-refractivity contribution < 1.29 is 46.7 Å². The number of fused-ring (bicyclic) bond motifs is 1. The lowest BCUT2D eigenvalue weighted by Gasteiger charge is -2.26. The van der Waals surface area contributed by atoms with Crippen molar-refractivity contribution in [3.8, 4) is 5.75 Å². The number of amides is 5. The van der Waals surface area contributed by atoms with Crippen molar-refractivity contribution >= 4 is 51.1 Å². The largest absolute Gasteiger partial charge is 0.487 e. The highest BCUT2D eigenvalue weighted by Gasteiger charge is 2.37. The van der Waals surface area contributed by atoms with Gasteiger partial charge in [-0.15, -0.1) is 0 Å². The number of nitrogens with two attached hydrogens (primary N) is 1. The molecule has 2 aromatic rings. The second kappa shape index (κ2) is 22.0. The molecule has 0 aromatic heterocycles. The molecule has 1 saturated heterocycles. The van der Waals surface area contributed by atoms with Crippen LogP contribution in [0.15, 0.2) is 35.2 Å². The van der Waals surface area contributed by atoms with Crippen LogP contribution in [0.3, 0.4) is 0 Å². The van der Waals surface area contributed by atoms with E-state index in [-0.39, 0.29) is 42.7 Å². The summed E-state index contributed by atoms with van der Waals surface area (Å²) in [4.78, 5) is 82.0. The van der Waals surface area contributed by atoms with Gasteiger partial charge in [0.25, 0.3) is 0 Å². The van der Waals surface area contributed by atoms with Crippen LogP contribution in [0, 0.1) is 26.2 Å². The lowest BCUT2D eigenvalue weighted by Crippen LogP contribution is -2.58. The van der Waals surface area contributed by atoms with Crippen LogP contribution in [-0.4, -0.2) is 104 Å². The Morgan fingerprint density at radius 2 is 1.39 bits per heavy atom. The molecule has 2 aliphatic heterocycles. The number of hydrogen-bond acceptors (Lipinski definition) is 12. The normalized spacial score (nSPS) is 20.9. The Bertz CT molecular complexity index is 2190. The molecule has 4 atom stereocenters. The summed E-state index contributed by atoms with van der Waals surface area (Å²) in [6.45, 7) is 13.9. The molecule has 1 fully saturated rings. The van der Waals surface area contributed by atoms with E-state index in [2.05, 4.69) is 26.6 Å². The number of unbranched alkanes of at least 4 members (excludes halogenated alkanes) is 2.